The number of rotatable bonds is 4. The van der Waals surface area contributed by atoms with Crippen LogP contribution in [0.25, 0.3) is 11.3 Å². The summed E-state index contributed by atoms with van der Waals surface area (Å²) in [5.41, 5.74) is 3.03. The SMILES string of the molecule is O=C(c1cc(-c2ccc(Cl)c(Cl)c2)n[nH]1)N1CCN(Cc2ccccc2Cl)CC1. The molecule has 0 radical (unpaired) electrons. The van der Waals surface area contributed by atoms with Crippen LogP contribution in [0.5, 0.6) is 0 Å². The summed E-state index contributed by atoms with van der Waals surface area (Å²) in [5.74, 6) is -0.0544. The molecule has 2 heterocycles. The van der Waals surface area contributed by atoms with E-state index in [1.54, 1.807) is 18.2 Å². The molecule has 1 fully saturated rings. The average Bonchev–Trinajstić information content (AvgIpc) is 3.22. The number of nitrogens with zero attached hydrogens (tertiary/aromatic N) is 3. The Bertz CT molecular complexity index is 1030. The standard InChI is InChI=1S/C21H19Cl3N4O/c22-16-4-2-1-3-15(16)13-27-7-9-28(10-8-27)21(29)20-12-19(25-26-20)14-5-6-17(23)18(24)11-14/h1-6,11-12H,7-10,13H2,(H,25,26). The number of benzene rings is 2. The summed E-state index contributed by atoms with van der Waals surface area (Å²) in [6.45, 7) is 3.69. The first-order valence-corrected chi connectivity index (χ1v) is 10.4. The summed E-state index contributed by atoms with van der Waals surface area (Å²) in [6, 6.07) is 14.9. The Kier molecular flexibility index (Phi) is 6.11. The number of aromatic nitrogens is 2. The van der Waals surface area contributed by atoms with Gasteiger partial charge in [0.25, 0.3) is 5.91 Å². The Labute approximate surface area is 184 Å². The molecule has 29 heavy (non-hydrogen) atoms. The maximum absolute atomic E-state index is 12.9. The van der Waals surface area contributed by atoms with Crippen LogP contribution in [0.4, 0.5) is 0 Å². The van der Waals surface area contributed by atoms with E-state index in [2.05, 4.69) is 15.1 Å². The topological polar surface area (TPSA) is 52.2 Å². The van der Waals surface area contributed by atoms with E-state index in [4.69, 9.17) is 34.8 Å². The fraction of sp³-hybridized carbons (Fsp3) is 0.238. The summed E-state index contributed by atoms with van der Waals surface area (Å²) in [6.07, 6.45) is 0. The van der Waals surface area contributed by atoms with Gasteiger partial charge < -0.3 is 4.90 Å². The first kappa shape index (κ1) is 20.2. The number of carbonyl (C=O) groups excluding carboxylic acids is 1. The number of hydrogen-bond donors (Lipinski definition) is 1. The van der Waals surface area contributed by atoms with E-state index < -0.39 is 0 Å². The van der Waals surface area contributed by atoms with E-state index in [9.17, 15) is 4.79 Å². The minimum atomic E-state index is -0.0544. The van der Waals surface area contributed by atoms with Gasteiger partial charge in [-0.2, -0.15) is 5.10 Å². The van der Waals surface area contributed by atoms with E-state index in [1.165, 1.54) is 0 Å². The van der Waals surface area contributed by atoms with E-state index in [0.717, 1.165) is 35.8 Å². The summed E-state index contributed by atoms with van der Waals surface area (Å²) >= 11 is 18.3. The summed E-state index contributed by atoms with van der Waals surface area (Å²) in [7, 11) is 0. The molecule has 1 N–H and O–H groups in total. The molecule has 5 nitrogen and oxygen atoms in total. The highest BCUT2D eigenvalue weighted by Crippen LogP contribution is 2.28. The van der Waals surface area contributed by atoms with Gasteiger partial charge in [0.15, 0.2) is 0 Å². The number of amides is 1. The number of H-pyrrole nitrogens is 1. The molecule has 0 aliphatic carbocycles. The summed E-state index contributed by atoms with van der Waals surface area (Å²) in [5, 5.41) is 8.81. The first-order chi connectivity index (χ1) is 14.0. The molecule has 4 rings (SSSR count). The number of piperazine rings is 1. The summed E-state index contributed by atoms with van der Waals surface area (Å²) in [4.78, 5) is 17.0. The third-order valence-electron chi connectivity index (χ3n) is 5.03. The van der Waals surface area contributed by atoms with Crippen LogP contribution in [-0.2, 0) is 6.54 Å². The highest BCUT2D eigenvalue weighted by atomic mass is 35.5. The Balaban J connectivity index is 1.38. The van der Waals surface area contributed by atoms with Gasteiger partial charge >= 0.3 is 0 Å². The molecule has 0 spiro atoms. The lowest BCUT2D eigenvalue weighted by atomic mass is 10.1. The van der Waals surface area contributed by atoms with Crippen LogP contribution in [0.15, 0.2) is 48.5 Å². The second-order valence-corrected chi connectivity index (χ2v) is 8.18. The molecule has 3 aromatic rings. The van der Waals surface area contributed by atoms with E-state index in [0.29, 0.717) is 34.5 Å². The molecular formula is C21H19Cl3N4O. The van der Waals surface area contributed by atoms with Crippen LogP contribution in [-0.4, -0.2) is 52.1 Å². The van der Waals surface area contributed by atoms with E-state index >= 15 is 0 Å². The number of aromatic amines is 1. The number of nitrogens with one attached hydrogen (secondary N) is 1. The molecule has 1 aliphatic rings. The van der Waals surface area contributed by atoms with Crippen molar-refractivity contribution in [2.45, 2.75) is 6.54 Å². The van der Waals surface area contributed by atoms with Crippen molar-refractivity contribution in [2.75, 3.05) is 26.2 Å². The van der Waals surface area contributed by atoms with Crippen LogP contribution < -0.4 is 0 Å². The van der Waals surface area contributed by atoms with Crippen LogP contribution in [0, 0.1) is 0 Å². The molecule has 1 amide bonds. The van der Waals surface area contributed by atoms with Crippen LogP contribution >= 0.6 is 34.8 Å². The zero-order valence-corrected chi connectivity index (χ0v) is 17.8. The molecule has 1 aromatic heterocycles. The number of halogens is 3. The molecule has 8 heteroatoms. The third kappa shape index (κ3) is 4.59. The molecule has 1 aliphatic heterocycles. The highest BCUT2D eigenvalue weighted by molar-refractivity contribution is 6.42. The van der Waals surface area contributed by atoms with Crippen LogP contribution in [0.1, 0.15) is 16.1 Å². The smallest absolute Gasteiger partial charge is 0.271 e. The first-order valence-electron chi connectivity index (χ1n) is 9.27. The maximum Gasteiger partial charge on any atom is 0.271 e. The van der Waals surface area contributed by atoms with Gasteiger partial charge in [-0.25, -0.2) is 0 Å². The zero-order valence-electron chi connectivity index (χ0n) is 15.5. The van der Waals surface area contributed by atoms with Crippen molar-refractivity contribution in [2.24, 2.45) is 0 Å². The Hall–Kier alpha value is -2.05. The molecular weight excluding hydrogens is 431 g/mol. The molecule has 2 aromatic carbocycles. The van der Waals surface area contributed by atoms with Gasteiger partial charge in [-0.05, 0) is 29.8 Å². The lowest BCUT2D eigenvalue weighted by molar-refractivity contribution is 0.0622. The summed E-state index contributed by atoms with van der Waals surface area (Å²) < 4.78 is 0. The van der Waals surface area contributed by atoms with E-state index in [-0.39, 0.29) is 5.91 Å². The van der Waals surface area contributed by atoms with Crippen molar-refractivity contribution < 1.29 is 4.79 Å². The van der Waals surface area contributed by atoms with Gasteiger partial charge in [0.2, 0.25) is 0 Å². The van der Waals surface area contributed by atoms with Crippen molar-refractivity contribution in [1.29, 1.82) is 0 Å². The molecule has 1 saturated heterocycles. The Morgan fingerprint density at radius 1 is 0.931 bits per heavy atom. The number of carbonyl (C=O) groups is 1. The van der Waals surface area contributed by atoms with Crippen molar-refractivity contribution in [3.8, 4) is 11.3 Å². The fourth-order valence-electron chi connectivity index (χ4n) is 3.38. The lowest BCUT2D eigenvalue weighted by Crippen LogP contribution is -2.48. The van der Waals surface area contributed by atoms with E-state index in [1.807, 2.05) is 35.2 Å². The second-order valence-electron chi connectivity index (χ2n) is 6.96. The number of hydrogen-bond acceptors (Lipinski definition) is 3. The minimum Gasteiger partial charge on any atom is -0.335 e. The quantitative estimate of drug-likeness (QED) is 0.610. The van der Waals surface area contributed by atoms with Gasteiger partial charge in [-0.15, -0.1) is 0 Å². The molecule has 0 bridgehead atoms. The normalized spacial score (nSPS) is 14.9. The van der Waals surface area contributed by atoms with Crippen molar-refractivity contribution in [3.63, 3.8) is 0 Å². The minimum absolute atomic E-state index is 0.0544. The van der Waals surface area contributed by atoms with Gasteiger partial charge in [0, 0.05) is 43.3 Å². The second kappa shape index (κ2) is 8.76. The predicted molar refractivity (Wildman–Crippen MR) is 117 cm³/mol. The maximum atomic E-state index is 12.9. The predicted octanol–water partition coefficient (Wildman–Crippen LogP) is 4.99. The average molecular weight is 450 g/mol. The van der Waals surface area contributed by atoms with Crippen molar-refractivity contribution in [3.05, 3.63) is 74.9 Å². The van der Waals surface area contributed by atoms with Crippen molar-refractivity contribution >= 4 is 40.7 Å². The van der Waals surface area contributed by atoms with Crippen LogP contribution in [0.3, 0.4) is 0 Å². The van der Waals surface area contributed by atoms with Crippen LogP contribution in [0.2, 0.25) is 15.1 Å². The molecule has 0 unspecified atom stereocenters. The Morgan fingerprint density at radius 2 is 1.69 bits per heavy atom. The zero-order chi connectivity index (χ0) is 20.4. The van der Waals surface area contributed by atoms with Gasteiger partial charge in [-0.3, -0.25) is 14.8 Å². The Morgan fingerprint density at radius 3 is 2.41 bits per heavy atom. The monoisotopic (exact) mass is 448 g/mol. The highest BCUT2D eigenvalue weighted by Gasteiger charge is 2.24. The largest absolute Gasteiger partial charge is 0.335 e. The van der Waals surface area contributed by atoms with Gasteiger partial charge in [0.05, 0.1) is 15.7 Å². The molecule has 0 saturated carbocycles. The lowest BCUT2D eigenvalue weighted by Gasteiger charge is -2.34. The van der Waals surface area contributed by atoms with Gasteiger partial charge in [-0.1, -0.05) is 59.1 Å². The molecule has 150 valence electrons. The molecule has 0 atom stereocenters. The fourth-order valence-corrected chi connectivity index (χ4v) is 3.88. The third-order valence-corrected chi connectivity index (χ3v) is 6.14. The van der Waals surface area contributed by atoms with Crippen molar-refractivity contribution in [1.82, 2.24) is 20.0 Å². The van der Waals surface area contributed by atoms with Gasteiger partial charge in [0.1, 0.15) is 5.69 Å².